The predicted molar refractivity (Wildman–Crippen MR) is 99.2 cm³/mol. The average Bonchev–Trinajstić information content (AvgIpc) is 2.99. The number of hydrogen-bond donors (Lipinski definition) is 0. The van der Waals surface area contributed by atoms with E-state index in [4.69, 9.17) is 4.74 Å². The molecule has 0 N–H and O–H groups in total. The monoisotopic (exact) mass is 343 g/mol. The minimum Gasteiger partial charge on any atom is -0.456 e. The molecule has 26 heavy (non-hydrogen) atoms. The molecule has 0 atom stereocenters. The summed E-state index contributed by atoms with van der Waals surface area (Å²) in [5, 5.41) is 1.09. The number of carbonyl (C=O) groups excluding carboxylic acids is 1. The van der Waals surface area contributed by atoms with Crippen molar-refractivity contribution in [1.29, 1.82) is 0 Å². The molecule has 5 heteroatoms. The van der Waals surface area contributed by atoms with Crippen molar-refractivity contribution in [1.82, 2.24) is 14.5 Å². The number of fused-ring (bicyclic) bond motifs is 1. The molecule has 0 radical (unpaired) electrons. The van der Waals surface area contributed by atoms with Crippen molar-refractivity contribution in [3.63, 3.8) is 0 Å². The van der Waals surface area contributed by atoms with Gasteiger partial charge in [-0.1, -0.05) is 36.4 Å². The van der Waals surface area contributed by atoms with Crippen LogP contribution in [0.1, 0.15) is 21.6 Å². The smallest absolute Gasteiger partial charge is 0.338 e. The zero-order valence-electron chi connectivity index (χ0n) is 14.3. The third-order valence-electron chi connectivity index (χ3n) is 4.35. The van der Waals surface area contributed by atoms with Gasteiger partial charge in [-0.05, 0) is 36.8 Å². The van der Waals surface area contributed by atoms with Crippen LogP contribution < -0.4 is 0 Å². The molecule has 4 rings (SSSR count). The highest BCUT2D eigenvalue weighted by Crippen LogP contribution is 2.28. The van der Waals surface area contributed by atoms with E-state index in [1.54, 1.807) is 30.6 Å². The summed E-state index contributed by atoms with van der Waals surface area (Å²) in [6.07, 6.45) is 3.40. The molecule has 0 spiro atoms. The molecule has 0 fully saturated rings. The summed E-state index contributed by atoms with van der Waals surface area (Å²) < 4.78 is 7.52. The number of ether oxygens (including phenoxy) is 1. The first-order valence-electron chi connectivity index (χ1n) is 8.34. The lowest BCUT2D eigenvalue weighted by Gasteiger charge is -2.10. The van der Waals surface area contributed by atoms with E-state index in [0.29, 0.717) is 11.5 Å². The van der Waals surface area contributed by atoms with E-state index in [1.165, 1.54) is 0 Å². The Balaban J connectivity index is 1.75. The second kappa shape index (κ2) is 6.80. The van der Waals surface area contributed by atoms with Gasteiger partial charge in [-0.25, -0.2) is 14.8 Å². The van der Waals surface area contributed by atoms with Gasteiger partial charge in [0.15, 0.2) is 0 Å². The topological polar surface area (TPSA) is 57.0 Å². The van der Waals surface area contributed by atoms with Crippen molar-refractivity contribution in [2.75, 3.05) is 0 Å². The Morgan fingerprint density at radius 3 is 2.42 bits per heavy atom. The first kappa shape index (κ1) is 16.0. The summed E-state index contributed by atoms with van der Waals surface area (Å²) in [5.74, 6) is 0.207. The summed E-state index contributed by atoms with van der Waals surface area (Å²) >= 11 is 0. The fourth-order valence-electron chi connectivity index (χ4n) is 3.05. The van der Waals surface area contributed by atoms with Crippen molar-refractivity contribution in [3.8, 4) is 5.95 Å². The minimum absolute atomic E-state index is 0.145. The normalized spacial score (nSPS) is 10.8. The molecule has 0 saturated heterocycles. The molecule has 0 bridgehead atoms. The highest BCUT2D eigenvalue weighted by atomic mass is 16.5. The van der Waals surface area contributed by atoms with Crippen molar-refractivity contribution in [2.24, 2.45) is 0 Å². The number of benzene rings is 2. The van der Waals surface area contributed by atoms with E-state index in [9.17, 15) is 4.79 Å². The van der Waals surface area contributed by atoms with Crippen LogP contribution in [0.25, 0.3) is 16.9 Å². The number of aryl methyl sites for hydroxylation is 1. The van der Waals surface area contributed by atoms with Crippen LogP contribution in [0.4, 0.5) is 0 Å². The van der Waals surface area contributed by atoms with Gasteiger partial charge in [-0.3, -0.25) is 4.57 Å². The van der Waals surface area contributed by atoms with E-state index < -0.39 is 0 Å². The van der Waals surface area contributed by atoms with Gasteiger partial charge in [-0.15, -0.1) is 0 Å². The highest BCUT2D eigenvalue weighted by molar-refractivity contribution is 5.90. The summed E-state index contributed by atoms with van der Waals surface area (Å²) in [6, 6.07) is 18.8. The summed E-state index contributed by atoms with van der Waals surface area (Å²) in [6.45, 7) is 2.17. The van der Waals surface area contributed by atoms with Gasteiger partial charge in [0.05, 0.1) is 16.8 Å². The fraction of sp³-hybridized carbons (Fsp3) is 0.0952. The lowest BCUT2D eigenvalue weighted by atomic mass is 10.1. The first-order chi connectivity index (χ1) is 12.8. The van der Waals surface area contributed by atoms with Crippen LogP contribution in [0.5, 0.6) is 0 Å². The standard InChI is InChI=1S/C21H17N3O2/c1-15-17-10-5-6-11-18(17)24(21-22-12-7-13-23-21)19(15)14-26-20(25)16-8-3-2-4-9-16/h2-13H,14H2,1H3. The van der Waals surface area contributed by atoms with Crippen LogP contribution in [0.2, 0.25) is 0 Å². The third-order valence-corrected chi connectivity index (χ3v) is 4.35. The third kappa shape index (κ3) is 2.84. The van der Waals surface area contributed by atoms with Crippen LogP contribution >= 0.6 is 0 Å². The van der Waals surface area contributed by atoms with Crippen molar-refractivity contribution >= 4 is 16.9 Å². The van der Waals surface area contributed by atoms with Gasteiger partial charge in [0.25, 0.3) is 0 Å². The van der Waals surface area contributed by atoms with E-state index in [2.05, 4.69) is 9.97 Å². The summed E-state index contributed by atoms with van der Waals surface area (Å²) in [4.78, 5) is 21.1. The zero-order valence-corrected chi connectivity index (χ0v) is 14.3. The summed E-state index contributed by atoms with van der Waals surface area (Å²) in [5.41, 5.74) is 3.43. The van der Waals surface area contributed by atoms with E-state index in [-0.39, 0.29) is 12.6 Å². The maximum absolute atomic E-state index is 12.3. The molecular formula is C21H17N3O2. The number of rotatable bonds is 4. The molecule has 2 heterocycles. The van der Waals surface area contributed by atoms with Gasteiger partial charge < -0.3 is 4.74 Å². The Labute approximate surface area is 150 Å². The Bertz CT molecular complexity index is 1060. The second-order valence-electron chi connectivity index (χ2n) is 5.92. The number of esters is 1. The van der Waals surface area contributed by atoms with Gasteiger partial charge in [0, 0.05) is 17.8 Å². The zero-order chi connectivity index (χ0) is 17.9. The van der Waals surface area contributed by atoms with Crippen molar-refractivity contribution in [3.05, 3.63) is 89.9 Å². The van der Waals surface area contributed by atoms with Gasteiger partial charge in [-0.2, -0.15) is 0 Å². The van der Waals surface area contributed by atoms with E-state index >= 15 is 0 Å². The Hall–Kier alpha value is -3.47. The molecule has 0 amide bonds. The molecule has 0 aliphatic rings. The fourth-order valence-corrected chi connectivity index (χ4v) is 3.05. The number of aromatic nitrogens is 3. The summed E-state index contributed by atoms with van der Waals surface area (Å²) in [7, 11) is 0. The Morgan fingerprint density at radius 2 is 1.65 bits per heavy atom. The maximum Gasteiger partial charge on any atom is 0.338 e. The maximum atomic E-state index is 12.3. The van der Waals surface area contributed by atoms with Crippen LogP contribution in [-0.4, -0.2) is 20.5 Å². The molecule has 5 nitrogen and oxygen atoms in total. The quantitative estimate of drug-likeness (QED) is 0.524. The minimum atomic E-state index is -0.351. The highest BCUT2D eigenvalue weighted by Gasteiger charge is 2.18. The van der Waals surface area contributed by atoms with Crippen molar-refractivity contribution < 1.29 is 9.53 Å². The van der Waals surface area contributed by atoms with Crippen LogP contribution in [0, 0.1) is 6.92 Å². The second-order valence-corrected chi connectivity index (χ2v) is 5.92. The lowest BCUT2D eigenvalue weighted by Crippen LogP contribution is -2.10. The van der Waals surface area contributed by atoms with Crippen LogP contribution in [-0.2, 0) is 11.3 Å². The average molecular weight is 343 g/mol. The molecule has 2 aromatic heterocycles. The number of carbonyl (C=O) groups is 1. The number of hydrogen-bond acceptors (Lipinski definition) is 4. The molecule has 0 aliphatic heterocycles. The van der Waals surface area contributed by atoms with Gasteiger partial charge >= 0.3 is 5.97 Å². The molecule has 4 aromatic rings. The number of para-hydroxylation sites is 1. The first-order valence-corrected chi connectivity index (χ1v) is 8.34. The number of nitrogens with zero attached hydrogens (tertiary/aromatic N) is 3. The predicted octanol–water partition coefficient (Wildman–Crippen LogP) is 4.09. The molecule has 128 valence electrons. The largest absolute Gasteiger partial charge is 0.456 e. The lowest BCUT2D eigenvalue weighted by molar-refractivity contribution is 0.0465. The van der Waals surface area contributed by atoms with E-state index in [0.717, 1.165) is 22.2 Å². The Morgan fingerprint density at radius 1 is 0.962 bits per heavy atom. The molecule has 0 saturated carbocycles. The molecular weight excluding hydrogens is 326 g/mol. The Kier molecular flexibility index (Phi) is 4.19. The van der Waals surface area contributed by atoms with Gasteiger partial charge in [0.2, 0.25) is 5.95 Å². The molecule has 0 aliphatic carbocycles. The van der Waals surface area contributed by atoms with Crippen LogP contribution in [0.3, 0.4) is 0 Å². The van der Waals surface area contributed by atoms with Crippen LogP contribution in [0.15, 0.2) is 73.1 Å². The van der Waals surface area contributed by atoms with Gasteiger partial charge in [0.1, 0.15) is 6.61 Å². The molecule has 0 unspecified atom stereocenters. The van der Waals surface area contributed by atoms with E-state index in [1.807, 2.05) is 54.0 Å². The van der Waals surface area contributed by atoms with Crippen molar-refractivity contribution in [2.45, 2.75) is 13.5 Å². The molecule has 2 aromatic carbocycles. The SMILES string of the molecule is Cc1c(COC(=O)c2ccccc2)n(-c2ncccn2)c2ccccc12.